The predicted octanol–water partition coefficient (Wildman–Crippen LogP) is 5.33. The minimum atomic E-state index is -0.475. The van der Waals surface area contributed by atoms with Crippen LogP contribution in [0, 0.1) is 32.8 Å². The molecule has 0 aliphatic heterocycles. The van der Waals surface area contributed by atoms with Crippen LogP contribution in [0.2, 0.25) is 0 Å². The summed E-state index contributed by atoms with van der Waals surface area (Å²) in [5.41, 5.74) is 2.37. The topological polar surface area (TPSA) is 96.0 Å². The van der Waals surface area contributed by atoms with E-state index in [4.69, 9.17) is 0 Å². The van der Waals surface area contributed by atoms with E-state index >= 15 is 0 Å². The maximum absolute atomic E-state index is 12.4. The van der Waals surface area contributed by atoms with Gasteiger partial charge in [-0.05, 0) is 47.8 Å². The van der Waals surface area contributed by atoms with E-state index in [1.165, 1.54) is 40.5 Å². The van der Waals surface area contributed by atoms with Gasteiger partial charge in [0.25, 0.3) is 5.69 Å². The number of nitro groups is 1. The van der Waals surface area contributed by atoms with E-state index in [0.29, 0.717) is 22.0 Å². The fourth-order valence-electron chi connectivity index (χ4n) is 3.60. The van der Waals surface area contributed by atoms with Crippen LogP contribution < -0.4 is 5.32 Å². The van der Waals surface area contributed by atoms with Crippen LogP contribution in [0.5, 0.6) is 0 Å². The van der Waals surface area contributed by atoms with Crippen LogP contribution in [-0.4, -0.2) is 10.8 Å². The summed E-state index contributed by atoms with van der Waals surface area (Å²) >= 11 is 1.49. The van der Waals surface area contributed by atoms with E-state index in [-0.39, 0.29) is 17.0 Å². The Morgan fingerprint density at radius 1 is 1.41 bits per heavy atom. The number of carbonyl (C=O) groups is 1. The summed E-state index contributed by atoms with van der Waals surface area (Å²) in [4.78, 5) is 23.9. The molecule has 1 N–H and O–H groups in total. The predicted molar refractivity (Wildman–Crippen MR) is 115 cm³/mol. The van der Waals surface area contributed by atoms with Crippen molar-refractivity contribution in [2.75, 3.05) is 5.32 Å². The number of hydrogen-bond donors (Lipinski definition) is 1. The van der Waals surface area contributed by atoms with Crippen molar-refractivity contribution in [1.82, 2.24) is 0 Å². The van der Waals surface area contributed by atoms with E-state index in [1.807, 2.05) is 0 Å². The highest BCUT2D eigenvalue weighted by atomic mass is 32.1. The van der Waals surface area contributed by atoms with Crippen LogP contribution in [0.3, 0.4) is 0 Å². The monoisotopic (exact) mass is 409 g/mol. The van der Waals surface area contributed by atoms with Crippen LogP contribution in [0.4, 0.5) is 10.7 Å². The summed E-state index contributed by atoms with van der Waals surface area (Å²) in [6, 6.07) is 8.32. The number of anilines is 1. The molecule has 1 heterocycles. The number of nitrogens with one attached hydrogen (secondary N) is 1. The number of rotatable bonds is 4. The Morgan fingerprint density at radius 3 is 2.83 bits per heavy atom. The van der Waals surface area contributed by atoms with Crippen LogP contribution >= 0.6 is 11.3 Å². The number of nitrogens with zero attached hydrogens (tertiary/aromatic N) is 2. The first-order chi connectivity index (χ1) is 13.7. The van der Waals surface area contributed by atoms with Gasteiger partial charge < -0.3 is 5.32 Å². The molecule has 29 heavy (non-hydrogen) atoms. The molecule has 1 atom stereocenters. The van der Waals surface area contributed by atoms with Crippen molar-refractivity contribution in [2.24, 2.45) is 11.3 Å². The Labute approximate surface area is 174 Å². The average Bonchev–Trinajstić information content (AvgIpc) is 3.01. The quantitative estimate of drug-likeness (QED) is 0.419. The second-order valence-electron chi connectivity index (χ2n) is 8.30. The Kier molecular flexibility index (Phi) is 5.85. The zero-order valence-electron chi connectivity index (χ0n) is 16.7. The van der Waals surface area contributed by atoms with Gasteiger partial charge in [0.1, 0.15) is 11.1 Å². The molecule has 1 aliphatic carbocycles. The molecule has 1 aromatic carbocycles. The highest BCUT2D eigenvalue weighted by Gasteiger charge is 2.32. The lowest BCUT2D eigenvalue weighted by Gasteiger charge is -2.33. The third-order valence-electron chi connectivity index (χ3n) is 5.35. The highest BCUT2D eigenvalue weighted by Crippen LogP contribution is 2.43. The fourth-order valence-corrected chi connectivity index (χ4v) is 4.88. The van der Waals surface area contributed by atoms with E-state index in [1.54, 1.807) is 12.1 Å². The molecule has 7 heteroatoms. The number of thiophene rings is 1. The summed E-state index contributed by atoms with van der Waals surface area (Å²) in [5.74, 6) is 0.191. The van der Waals surface area contributed by atoms with Crippen molar-refractivity contribution in [3.63, 3.8) is 0 Å². The van der Waals surface area contributed by atoms with Crippen molar-refractivity contribution in [2.45, 2.75) is 40.0 Å². The zero-order valence-corrected chi connectivity index (χ0v) is 17.5. The van der Waals surface area contributed by atoms with Gasteiger partial charge in [-0.15, -0.1) is 11.3 Å². The molecule has 2 aromatic rings. The lowest BCUT2D eigenvalue weighted by Crippen LogP contribution is -2.26. The number of fused-ring (bicyclic) bond motifs is 1. The highest BCUT2D eigenvalue weighted by molar-refractivity contribution is 7.16. The van der Waals surface area contributed by atoms with Crippen LogP contribution in [0.25, 0.3) is 6.08 Å². The molecule has 0 bridgehead atoms. The molecule has 1 aliphatic rings. The van der Waals surface area contributed by atoms with Gasteiger partial charge in [-0.25, -0.2) is 0 Å². The second kappa shape index (κ2) is 8.18. The maximum Gasteiger partial charge on any atom is 0.270 e. The molecule has 0 saturated carbocycles. The van der Waals surface area contributed by atoms with E-state index in [9.17, 15) is 20.2 Å². The zero-order chi connectivity index (χ0) is 21.2. The number of benzene rings is 1. The molecule has 1 aromatic heterocycles. The molecule has 0 saturated heterocycles. The lowest BCUT2D eigenvalue weighted by atomic mass is 9.72. The van der Waals surface area contributed by atoms with Gasteiger partial charge in [0.15, 0.2) is 0 Å². The van der Waals surface area contributed by atoms with Gasteiger partial charge in [0, 0.05) is 23.1 Å². The summed E-state index contributed by atoms with van der Waals surface area (Å²) in [6.45, 7) is 6.72. The van der Waals surface area contributed by atoms with Gasteiger partial charge in [0.05, 0.1) is 10.5 Å². The largest absolute Gasteiger partial charge is 0.313 e. The SMILES string of the molecule is CC(C)(C)[C@@H]1CCc2c(sc(NC(=O)/C=C\c3cccc([N+](=O)[O-])c3)c2C#N)C1. The molecule has 3 rings (SSSR count). The summed E-state index contributed by atoms with van der Waals surface area (Å²) in [6.07, 6.45) is 5.68. The number of amides is 1. The number of non-ortho nitro benzene ring substituents is 1. The van der Waals surface area contributed by atoms with Crippen molar-refractivity contribution in [3.8, 4) is 6.07 Å². The first-order valence-electron chi connectivity index (χ1n) is 9.47. The Morgan fingerprint density at radius 2 is 2.17 bits per heavy atom. The van der Waals surface area contributed by atoms with E-state index < -0.39 is 4.92 Å². The summed E-state index contributed by atoms with van der Waals surface area (Å²) < 4.78 is 0. The van der Waals surface area contributed by atoms with Crippen LogP contribution in [0.1, 0.15) is 48.8 Å². The molecule has 0 spiro atoms. The number of hydrogen-bond acceptors (Lipinski definition) is 5. The number of nitriles is 1. The van der Waals surface area contributed by atoms with Gasteiger partial charge in [-0.1, -0.05) is 32.9 Å². The third kappa shape index (κ3) is 4.72. The fraction of sp³-hybridized carbons (Fsp3) is 0.364. The maximum atomic E-state index is 12.4. The molecule has 1 amide bonds. The minimum absolute atomic E-state index is 0.0290. The number of nitro benzene ring substituents is 1. The normalized spacial score (nSPS) is 16.3. The van der Waals surface area contributed by atoms with Gasteiger partial charge in [0.2, 0.25) is 5.91 Å². The molecule has 0 unspecified atom stereocenters. The molecular formula is C22H23N3O3S. The van der Waals surface area contributed by atoms with E-state index in [0.717, 1.165) is 24.8 Å². The van der Waals surface area contributed by atoms with Gasteiger partial charge in [-0.2, -0.15) is 5.26 Å². The average molecular weight is 410 g/mol. The minimum Gasteiger partial charge on any atom is -0.313 e. The molecule has 0 fully saturated rings. The summed E-state index contributed by atoms with van der Waals surface area (Å²) in [7, 11) is 0. The standard InChI is InChI=1S/C22H23N3O3S/c1-22(2,3)15-8-9-17-18(13-23)21(29-19(17)12-15)24-20(26)10-7-14-5-4-6-16(11-14)25(27)28/h4-7,10-11,15H,8-9,12H2,1-3H3,(H,24,26)/b10-7-/t15-/m1/s1. The molecule has 150 valence electrons. The van der Waals surface area contributed by atoms with Gasteiger partial charge in [-0.3, -0.25) is 14.9 Å². The molecular weight excluding hydrogens is 386 g/mol. The van der Waals surface area contributed by atoms with Crippen LogP contribution in [0.15, 0.2) is 30.3 Å². The van der Waals surface area contributed by atoms with Crippen LogP contribution in [-0.2, 0) is 17.6 Å². The summed E-state index contributed by atoms with van der Waals surface area (Å²) in [5, 5.41) is 23.9. The Balaban J connectivity index is 1.76. The number of carbonyl (C=O) groups excluding carboxylic acids is 1. The molecule has 0 radical (unpaired) electrons. The Hall–Kier alpha value is -2.98. The van der Waals surface area contributed by atoms with Gasteiger partial charge >= 0.3 is 0 Å². The second-order valence-corrected chi connectivity index (χ2v) is 9.41. The first kappa shape index (κ1) is 20.7. The molecule has 6 nitrogen and oxygen atoms in total. The van der Waals surface area contributed by atoms with Crippen molar-refractivity contribution >= 4 is 34.0 Å². The Bertz CT molecular complexity index is 1020. The van der Waals surface area contributed by atoms with Crippen molar-refractivity contribution < 1.29 is 9.72 Å². The van der Waals surface area contributed by atoms with Crippen molar-refractivity contribution in [1.29, 1.82) is 5.26 Å². The third-order valence-corrected chi connectivity index (χ3v) is 6.52. The lowest BCUT2D eigenvalue weighted by molar-refractivity contribution is -0.384. The van der Waals surface area contributed by atoms with E-state index in [2.05, 4.69) is 32.2 Å². The first-order valence-corrected chi connectivity index (χ1v) is 10.3. The smallest absolute Gasteiger partial charge is 0.270 e. The van der Waals surface area contributed by atoms with Crippen molar-refractivity contribution in [3.05, 3.63) is 62.0 Å².